The third kappa shape index (κ3) is 6.56. The number of para-hydroxylation sites is 2. The van der Waals surface area contributed by atoms with Crippen molar-refractivity contribution in [2.45, 2.75) is 23.6 Å². The molecule has 4 aromatic rings. The lowest BCUT2D eigenvalue weighted by Crippen LogP contribution is -2.18. The van der Waals surface area contributed by atoms with Gasteiger partial charge < -0.3 is 10.1 Å². The lowest BCUT2D eigenvalue weighted by Gasteiger charge is -2.14. The maximum atomic E-state index is 13.1. The van der Waals surface area contributed by atoms with Crippen molar-refractivity contribution in [2.24, 2.45) is 0 Å². The van der Waals surface area contributed by atoms with Crippen LogP contribution in [-0.2, 0) is 20.0 Å². The number of ether oxygens (including phenoxy) is 1. The fourth-order valence-electron chi connectivity index (χ4n) is 3.87. The number of hydrogen-bond donors (Lipinski definition) is 3. The van der Waals surface area contributed by atoms with Gasteiger partial charge in [-0.05, 0) is 79.6 Å². The Bertz CT molecular complexity index is 1810. The molecule has 0 heterocycles. The van der Waals surface area contributed by atoms with Gasteiger partial charge in [-0.15, -0.1) is 0 Å². The standard InChI is InChI=1S/C28H26ClN3O6S2/c1-18-7-6-8-22(15-18)31-39(34,35)26-16-20(12-11-19(26)2)28(33)30-21-13-14-23(29)27(17-21)40(36,37)32-24-9-4-5-10-25(24)38-3/h4-17,31-32H,1-3H3,(H,30,33). The van der Waals surface area contributed by atoms with Gasteiger partial charge in [0, 0.05) is 16.9 Å². The van der Waals surface area contributed by atoms with Crippen LogP contribution in [0, 0.1) is 13.8 Å². The van der Waals surface area contributed by atoms with Crippen LogP contribution in [0.1, 0.15) is 21.5 Å². The first kappa shape index (κ1) is 28.9. The maximum Gasteiger partial charge on any atom is 0.263 e. The van der Waals surface area contributed by atoms with Crippen molar-refractivity contribution in [1.82, 2.24) is 0 Å². The van der Waals surface area contributed by atoms with Gasteiger partial charge >= 0.3 is 0 Å². The zero-order chi connectivity index (χ0) is 29.1. The number of rotatable bonds is 9. The lowest BCUT2D eigenvalue weighted by molar-refractivity contribution is 0.102. The van der Waals surface area contributed by atoms with Crippen LogP contribution in [0.15, 0.2) is 94.7 Å². The van der Waals surface area contributed by atoms with Crippen LogP contribution in [-0.4, -0.2) is 29.9 Å². The molecular formula is C28H26ClN3O6S2. The van der Waals surface area contributed by atoms with E-state index in [1.54, 1.807) is 43.3 Å². The molecule has 4 aromatic carbocycles. The van der Waals surface area contributed by atoms with Crippen molar-refractivity contribution in [3.05, 3.63) is 107 Å². The number of hydrogen-bond acceptors (Lipinski definition) is 6. The molecule has 0 saturated heterocycles. The molecule has 0 aliphatic carbocycles. The first-order chi connectivity index (χ1) is 18.9. The highest BCUT2D eigenvalue weighted by atomic mass is 35.5. The van der Waals surface area contributed by atoms with Crippen molar-refractivity contribution in [3.63, 3.8) is 0 Å². The quantitative estimate of drug-likeness (QED) is 0.222. The van der Waals surface area contributed by atoms with Crippen LogP contribution < -0.4 is 19.5 Å². The van der Waals surface area contributed by atoms with Crippen molar-refractivity contribution in [1.29, 1.82) is 0 Å². The van der Waals surface area contributed by atoms with Crippen molar-refractivity contribution >= 4 is 54.6 Å². The van der Waals surface area contributed by atoms with Gasteiger partial charge in [0.05, 0.1) is 22.7 Å². The Hall–Kier alpha value is -4.06. The molecule has 0 bridgehead atoms. The molecule has 0 saturated carbocycles. The molecule has 1 amide bonds. The summed E-state index contributed by atoms with van der Waals surface area (Å²) in [5.41, 5.74) is 2.12. The highest BCUT2D eigenvalue weighted by molar-refractivity contribution is 7.93. The predicted octanol–water partition coefficient (Wildman–Crippen LogP) is 5.82. The summed E-state index contributed by atoms with van der Waals surface area (Å²) in [5, 5.41) is 2.55. The summed E-state index contributed by atoms with van der Waals surface area (Å²) < 4.78 is 62.6. The van der Waals surface area contributed by atoms with Gasteiger partial charge in [0.1, 0.15) is 10.6 Å². The Morgan fingerprint density at radius 3 is 2.20 bits per heavy atom. The minimum atomic E-state index is -4.16. The summed E-state index contributed by atoms with van der Waals surface area (Å²) in [7, 11) is -6.75. The summed E-state index contributed by atoms with van der Waals surface area (Å²) in [6, 6.07) is 21.6. The van der Waals surface area contributed by atoms with Gasteiger partial charge in [-0.2, -0.15) is 0 Å². The zero-order valence-electron chi connectivity index (χ0n) is 21.7. The van der Waals surface area contributed by atoms with E-state index < -0.39 is 26.0 Å². The summed E-state index contributed by atoms with van der Waals surface area (Å²) in [5.74, 6) is -0.330. The van der Waals surface area contributed by atoms with Gasteiger partial charge in [-0.25, -0.2) is 16.8 Å². The highest BCUT2D eigenvalue weighted by Gasteiger charge is 2.22. The van der Waals surface area contributed by atoms with Crippen LogP contribution in [0.25, 0.3) is 0 Å². The average Bonchev–Trinajstić information content (AvgIpc) is 2.89. The summed E-state index contributed by atoms with van der Waals surface area (Å²) in [6.07, 6.45) is 0. The average molecular weight is 600 g/mol. The van der Waals surface area contributed by atoms with Crippen molar-refractivity contribution in [2.75, 3.05) is 21.9 Å². The molecule has 12 heteroatoms. The number of methoxy groups -OCH3 is 1. The molecule has 9 nitrogen and oxygen atoms in total. The van der Waals surface area contributed by atoms with Crippen LogP contribution in [0.5, 0.6) is 5.75 Å². The smallest absolute Gasteiger partial charge is 0.263 e. The second kappa shape index (κ2) is 11.6. The molecule has 0 unspecified atom stereocenters. The van der Waals surface area contributed by atoms with Crippen LogP contribution in [0.2, 0.25) is 5.02 Å². The van der Waals surface area contributed by atoms with E-state index >= 15 is 0 Å². The second-order valence-corrected chi connectivity index (χ2v) is 12.6. The zero-order valence-corrected chi connectivity index (χ0v) is 24.1. The molecular weight excluding hydrogens is 574 g/mol. The Morgan fingerprint density at radius 1 is 0.750 bits per heavy atom. The number of anilines is 3. The molecule has 3 N–H and O–H groups in total. The topological polar surface area (TPSA) is 131 Å². The molecule has 0 aromatic heterocycles. The van der Waals surface area contributed by atoms with Crippen LogP contribution in [0.4, 0.5) is 17.1 Å². The Kier molecular flexibility index (Phi) is 8.38. The Labute approximate surface area is 238 Å². The lowest BCUT2D eigenvalue weighted by atomic mass is 10.1. The molecule has 40 heavy (non-hydrogen) atoms. The number of carbonyl (C=O) groups excluding carboxylic acids is 1. The van der Waals surface area contributed by atoms with E-state index in [1.807, 2.05) is 13.0 Å². The van der Waals surface area contributed by atoms with Gasteiger partial charge in [-0.3, -0.25) is 14.2 Å². The van der Waals surface area contributed by atoms with E-state index in [0.29, 0.717) is 17.0 Å². The summed E-state index contributed by atoms with van der Waals surface area (Å²) in [4.78, 5) is 12.7. The molecule has 4 rings (SSSR count). The molecule has 0 fully saturated rings. The van der Waals surface area contributed by atoms with Crippen LogP contribution >= 0.6 is 11.6 Å². The summed E-state index contributed by atoms with van der Waals surface area (Å²) in [6.45, 7) is 3.47. The number of benzene rings is 4. The predicted molar refractivity (Wildman–Crippen MR) is 156 cm³/mol. The van der Waals surface area contributed by atoms with Gasteiger partial charge in [0.15, 0.2) is 0 Å². The van der Waals surface area contributed by atoms with E-state index in [4.69, 9.17) is 16.3 Å². The molecule has 0 atom stereocenters. The number of carbonyl (C=O) groups is 1. The molecule has 0 radical (unpaired) electrons. The number of sulfonamides is 2. The van der Waals surface area contributed by atoms with Crippen LogP contribution in [0.3, 0.4) is 0 Å². The largest absolute Gasteiger partial charge is 0.495 e. The fourth-order valence-corrected chi connectivity index (χ4v) is 6.79. The van der Waals surface area contributed by atoms with E-state index in [-0.39, 0.29) is 31.8 Å². The molecule has 208 valence electrons. The van der Waals surface area contributed by atoms with E-state index in [0.717, 1.165) is 5.56 Å². The SMILES string of the molecule is COc1ccccc1NS(=O)(=O)c1cc(NC(=O)c2ccc(C)c(S(=O)(=O)Nc3cccc(C)c3)c2)ccc1Cl. The third-order valence-corrected chi connectivity index (χ3v) is 9.21. The van der Waals surface area contributed by atoms with Crippen molar-refractivity contribution in [3.8, 4) is 5.75 Å². The van der Waals surface area contributed by atoms with Gasteiger partial charge in [-0.1, -0.05) is 41.9 Å². The van der Waals surface area contributed by atoms with Crippen molar-refractivity contribution < 1.29 is 26.4 Å². The number of amides is 1. The Morgan fingerprint density at radius 2 is 1.48 bits per heavy atom. The van der Waals surface area contributed by atoms with E-state index in [9.17, 15) is 21.6 Å². The highest BCUT2D eigenvalue weighted by Crippen LogP contribution is 2.31. The minimum absolute atomic E-state index is 0.0571. The maximum absolute atomic E-state index is 13.1. The van der Waals surface area contributed by atoms with E-state index in [2.05, 4.69) is 14.8 Å². The monoisotopic (exact) mass is 599 g/mol. The van der Waals surface area contributed by atoms with Gasteiger partial charge in [0.25, 0.3) is 26.0 Å². The minimum Gasteiger partial charge on any atom is -0.495 e. The van der Waals surface area contributed by atoms with E-state index in [1.165, 1.54) is 49.6 Å². The first-order valence-electron chi connectivity index (χ1n) is 11.9. The number of nitrogens with one attached hydrogen (secondary N) is 3. The third-order valence-electron chi connectivity index (χ3n) is 5.84. The second-order valence-electron chi connectivity index (χ2n) is 8.86. The first-order valence-corrected chi connectivity index (χ1v) is 15.2. The molecule has 0 aliphatic heterocycles. The van der Waals surface area contributed by atoms with Gasteiger partial charge in [0.2, 0.25) is 0 Å². The molecule has 0 spiro atoms. The fraction of sp³-hybridized carbons (Fsp3) is 0.107. The number of halogens is 1. The normalized spacial score (nSPS) is 11.5. The summed E-state index contributed by atoms with van der Waals surface area (Å²) >= 11 is 6.20. The molecule has 0 aliphatic rings. The number of aryl methyl sites for hydroxylation is 2. The Balaban J connectivity index is 1.59.